The summed E-state index contributed by atoms with van der Waals surface area (Å²) in [5.41, 5.74) is 1.89. The van der Waals surface area contributed by atoms with Gasteiger partial charge in [-0.2, -0.15) is 11.8 Å². The number of aliphatic hydroxyl groups excluding tert-OH is 1. The quantitative estimate of drug-likeness (QED) is 0.493. The molecule has 0 radical (unpaired) electrons. The van der Waals surface area contributed by atoms with Crippen molar-refractivity contribution in [1.29, 1.82) is 0 Å². The van der Waals surface area contributed by atoms with E-state index in [1.54, 1.807) is 18.9 Å². The maximum absolute atomic E-state index is 11.0. The third-order valence-corrected chi connectivity index (χ3v) is 3.56. The smallest absolute Gasteiger partial charge is 0.306 e. The van der Waals surface area contributed by atoms with E-state index in [0.29, 0.717) is 12.2 Å². The average molecular weight is 294 g/mol. The molecule has 0 heterocycles. The number of hydrogen-bond acceptors (Lipinski definition) is 5. The molecular formula is C15H18O4S. The standard InChI is InChI=1S/C15H18O4S/c1-18-14-6-5-12(4-3-8-16)13(10-14)11-20-9-7-15(17)19-2/h5-6,10,16H,7-9,11H2,1-2H3. The minimum Gasteiger partial charge on any atom is -0.497 e. The van der Waals surface area contributed by atoms with E-state index in [2.05, 4.69) is 16.6 Å². The molecule has 0 aliphatic heterocycles. The minimum absolute atomic E-state index is 0.166. The van der Waals surface area contributed by atoms with Crippen LogP contribution in [0.3, 0.4) is 0 Å². The molecule has 0 amide bonds. The van der Waals surface area contributed by atoms with Crippen LogP contribution in [0, 0.1) is 11.8 Å². The molecule has 0 spiro atoms. The Morgan fingerprint density at radius 3 is 2.85 bits per heavy atom. The van der Waals surface area contributed by atoms with Gasteiger partial charge in [-0.05, 0) is 23.8 Å². The molecule has 0 unspecified atom stereocenters. The Hall–Kier alpha value is -1.64. The highest BCUT2D eigenvalue weighted by Crippen LogP contribution is 2.22. The van der Waals surface area contributed by atoms with Gasteiger partial charge in [-0.3, -0.25) is 4.79 Å². The Balaban J connectivity index is 2.67. The molecule has 0 aliphatic rings. The number of methoxy groups -OCH3 is 2. The Bertz CT molecular complexity index is 502. The molecule has 1 rings (SSSR count). The van der Waals surface area contributed by atoms with Gasteiger partial charge in [0.1, 0.15) is 12.4 Å². The van der Waals surface area contributed by atoms with Crippen LogP contribution in [0.2, 0.25) is 0 Å². The summed E-state index contributed by atoms with van der Waals surface area (Å²) in [6.45, 7) is -0.166. The molecule has 5 heteroatoms. The van der Waals surface area contributed by atoms with Crippen molar-refractivity contribution in [3.63, 3.8) is 0 Å². The largest absolute Gasteiger partial charge is 0.497 e. The van der Waals surface area contributed by atoms with Crippen LogP contribution in [-0.4, -0.2) is 37.7 Å². The molecule has 0 atom stereocenters. The first-order valence-electron chi connectivity index (χ1n) is 6.12. The van der Waals surface area contributed by atoms with Gasteiger partial charge >= 0.3 is 5.97 Å². The van der Waals surface area contributed by atoms with Gasteiger partial charge < -0.3 is 14.6 Å². The molecule has 108 valence electrons. The van der Waals surface area contributed by atoms with Gasteiger partial charge in [0.25, 0.3) is 0 Å². The van der Waals surface area contributed by atoms with Crippen molar-refractivity contribution < 1.29 is 19.4 Å². The molecule has 1 N–H and O–H groups in total. The van der Waals surface area contributed by atoms with Crippen molar-refractivity contribution in [2.45, 2.75) is 12.2 Å². The second-order valence-corrected chi connectivity index (χ2v) is 4.97. The number of hydrogen-bond donors (Lipinski definition) is 1. The van der Waals surface area contributed by atoms with Crippen LogP contribution in [0.4, 0.5) is 0 Å². The molecule has 0 bridgehead atoms. The predicted molar refractivity (Wildman–Crippen MR) is 79.8 cm³/mol. The molecule has 0 fully saturated rings. The van der Waals surface area contributed by atoms with Crippen LogP contribution in [0.25, 0.3) is 0 Å². The third-order valence-electron chi connectivity index (χ3n) is 2.55. The monoisotopic (exact) mass is 294 g/mol. The fraction of sp³-hybridized carbons (Fsp3) is 0.400. The summed E-state index contributed by atoms with van der Waals surface area (Å²) < 4.78 is 9.79. The van der Waals surface area contributed by atoms with Gasteiger partial charge in [0.15, 0.2) is 0 Å². The van der Waals surface area contributed by atoms with E-state index in [9.17, 15) is 4.79 Å². The van der Waals surface area contributed by atoms with Crippen molar-refractivity contribution in [3.05, 3.63) is 29.3 Å². The van der Waals surface area contributed by atoms with E-state index in [1.807, 2.05) is 18.2 Å². The van der Waals surface area contributed by atoms with Crippen molar-refractivity contribution >= 4 is 17.7 Å². The lowest BCUT2D eigenvalue weighted by molar-refractivity contribution is -0.140. The van der Waals surface area contributed by atoms with Crippen molar-refractivity contribution in [1.82, 2.24) is 0 Å². The SMILES string of the molecule is COC(=O)CCSCc1cc(OC)ccc1C#CCO. The van der Waals surface area contributed by atoms with Crippen LogP contribution in [0.5, 0.6) is 5.75 Å². The van der Waals surface area contributed by atoms with Crippen LogP contribution in [0.1, 0.15) is 17.5 Å². The molecular weight excluding hydrogens is 276 g/mol. The van der Waals surface area contributed by atoms with Gasteiger partial charge in [0, 0.05) is 17.1 Å². The van der Waals surface area contributed by atoms with Crippen LogP contribution in [-0.2, 0) is 15.3 Å². The lowest BCUT2D eigenvalue weighted by Crippen LogP contribution is -2.01. The molecule has 0 aromatic heterocycles. The van der Waals surface area contributed by atoms with E-state index in [0.717, 1.165) is 22.6 Å². The first-order valence-corrected chi connectivity index (χ1v) is 7.28. The van der Waals surface area contributed by atoms with E-state index < -0.39 is 0 Å². The number of rotatable bonds is 6. The minimum atomic E-state index is -0.205. The summed E-state index contributed by atoms with van der Waals surface area (Å²) in [6, 6.07) is 5.63. The van der Waals surface area contributed by atoms with Crippen molar-refractivity contribution in [3.8, 4) is 17.6 Å². The highest BCUT2D eigenvalue weighted by Gasteiger charge is 2.05. The number of benzene rings is 1. The van der Waals surface area contributed by atoms with E-state index in [-0.39, 0.29) is 12.6 Å². The van der Waals surface area contributed by atoms with Gasteiger partial charge in [0.05, 0.1) is 20.6 Å². The molecule has 0 saturated carbocycles. The number of esters is 1. The Morgan fingerprint density at radius 1 is 1.40 bits per heavy atom. The van der Waals surface area contributed by atoms with Crippen LogP contribution < -0.4 is 4.74 Å². The highest BCUT2D eigenvalue weighted by molar-refractivity contribution is 7.98. The number of aliphatic hydroxyl groups is 1. The second-order valence-electron chi connectivity index (χ2n) is 3.86. The van der Waals surface area contributed by atoms with Crippen molar-refractivity contribution in [2.24, 2.45) is 0 Å². The lowest BCUT2D eigenvalue weighted by atomic mass is 10.1. The zero-order valence-electron chi connectivity index (χ0n) is 11.6. The van der Waals surface area contributed by atoms with Gasteiger partial charge in [0.2, 0.25) is 0 Å². The third kappa shape index (κ3) is 5.55. The second kappa shape index (κ2) is 9.29. The maximum Gasteiger partial charge on any atom is 0.306 e. The topological polar surface area (TPSA) is 55.8 Å². The molecule has 0 aliphatic carbocycles. The zero-order chi connectivity index (χ0) is 14.8. The van der Waals surface area contributed by atoms with E-state index in [1.165, 1.54) is 7.11 Å². The number of carbonyl (C=O) groups is 1. The lowest BCUT2D eigenvalue weighted by Gasteiger charge is -2.07. The summed E-state index contributed by atoms with van der Waals surface area (Å²) in [7, 11) is 3.00. The summed E-state index contributed by atoms with van der Waals surface area (Å²) >= 11 is 1.63. The summed E-state index contributed by atoms with van der Waals surface area (Å²) in [5.74, 6) is 7.53. The first-order chi connectivity index (χ1) is 9.71. The van der Waals surface area contributed by atoms with Gasteiger partial charge in [-0.25, -0.2) is 0 Å². The number of ether oxygens (including phenoxy) is 2. The maximum atomic E-state index is 11.0. The molecule has 4 nitrogen and oxygen atoms in total. The fourth-order valence-corrected chi connectivity index (χ4v) is 2.43. The van der Waals surface area contributed by atoms with Crippen LogP contribution >= 0.6 is 11.8 Å². The highest BCUT2D eigenvalue weighted by atomic mass is 32.2. The summed E-state index contributed by atoms with van der Waals surface area (Å²) in [5, 5.41) is 8.77. The van der Waals surface area contributed by atoms with Gasteiger partial charge in [-0.1, -0.05) is 11.8 Å². The first kappa shape index (κ1) is 16.4. The van der Waals surface area contributed by atoms with Crippen LogP contribution in [0.15, 0.2) is 18.2 Å². The van der Waals surface area contributed by atoms with Gasteiger partial charge in [-0.15, -0.1) is 0 Å². The number of thioether (sulfide) groups is 1. The molecule has 20 heavy (non-hydrogen) atoms. The normalized spacial score (nSPS) is 9.55. The molecule has 1 aromatic carbocycles. The number of carbonyl (C=O) groups excluding carboxylic acids is 1. The fourth-order valence-electron chi connectivity index (χ4n) is 1.51. The zero-order valence-corrected chi connectivity index (χ0v) is 12.5. The van der Waals surface area contributed by atoms with E-state index in [4.69, 9.17) is 9.84 Å². The molecule has 1 aromatic rings. The Kier molecular flexibility index (Phi) is 7.63. The summed E-state index contributed by atoms with van der Waals surface area (Å²) in [4.78, 5) is 11.0. The Morgan fingerprint density at radius 2 is 2.20 bits per heavy atom. The van der Waals surface area contributed by atoms with Crippen molar-refractivity contribution in [2.75, 3.05) is 26.6 Å². The average Bonchev–Trinajstić information content (AvgIpc) is 2.49. The molecule has 0 saturated heterocycles. The summed E-state index contributed by atoms with van der Waals surface area (Å²) in [6.07, 6.45) is 0.392. The Labute approximate surface area is 123 Å². The van der Waals surface area contributed by atoms with E-state index >= 15 is 0 Å². The predicted octanol–water partition coefficient (Wildman–Crippen LogP) is 1.84.